The summed E-state index contributed by atoms with van der Waals surface area (Å²) >= 11 is 0. The molecule has 0 bridgehead atoms. The predicted molar refractivity (Wildman–Crippen MR) is 120 cm³/mol. The lowest BCUT2D eigenvalue weighted by Gasteiger charge is -2.26. The zero-order chi connectivity index (χ0) is 22.8. The first-order valence-electron chi connectivity index (χ1n) is 10.3. The van der Waals surface area contributed by atoms with Gasteiger partial charge in [-0.25, -0.2) is 4.39 Å². The van der Waals surface area contributed by atoms with Crippen molar-refractivity contribution >= 4 is 23.1 Å². The van der Waals surface area contributed by atoms with Crippen molar-refractivity contribution in [3.63, 3.8) is 0 Å². The second-order valence-corrected chi connectivity index (χ2v) is 7.49. The van der Waals surface area contributed by atoms with Crippen LogP contribution in [0.15, 0.2) is 78.4 Å². The highest BCUT2D eigenvalue weighted by Crippen LogP contribution is 2.43. The Kier molecular flexibility index (Phi) is 5.77. The first kappa shape index (κ1) is 21.3. The van der Waals surface area contributed by atoms with Crippen LogP contribution in [0.2, 0.25) is 0 Å². The number of aliphatic hydroxyl groups excluding tert-OH is 1. The van der Waals surface area contributed by atoms with Gasteiger partial charge in [-0.05, 0) is 61.9 Å². The first-order chi connectivity index (χ1) is 15.4. The van der Waals surface area contributed by atoms with Gasteiger partial charge in [0.2, 0.25) is 0 Å². The van der Waals surface area contributed by atoms with E-state index in [1.807, 2.05) is 19.9 Å². The standard InChI is InChI=1S/C26H22FNO4/c1-3-32-19-13-11-17(12-14-19)24(29)22-23(20-9-4-5-10-21(20)27)28(26(31)25(22)30)18-8-6-7-16(2)15-18/h4-15,23,29H,3H2,1-2H3/b24-22+. The molecule has 5 nitrogen and oxygen atoms in total. The zero-order valence-electron chi connectivity index (χ0n) is 17.7. The van der Waals surface area contributed by atoms with E-state index in [2.05, 4.69) is 0 Å². The molecule has 1 atom stereocenters. The van der Waals surface area contributed by atoms with Crippen LogP contribution in [-0.2, 0) is 9.59 Å². The third-order valence-electron chi connectivity index (χ3n) is 5.36. The fourth-order valence-corrected chi connectivity index (χ4v) is 3.90. The van der Waals surface area contributed by atoms with Gasteiger partial charge < -0.3 is 9.84 Å². The van der Waals surface area contributed by atoms with Gasteiger partial charge in [-0.15, -0.1) is 0 Å². The maximum atomic E-state index is 14.9. The van der Waals surface area contributed by atoms with Gasteiger partial charge in [0.1, 0.15) is 17.3 Å². The van der Waals surface area contributed by atoms with E-state index in [1.54, 1.807) is 48.5 Å². The maximum Gasteiger partial charge on any atom is 0.300 e. The van der Waals surface area contributed by atoms with Crippen molar-refractivity contribution in [3.05, 3.63) is 101 Å². The van der Waals surface area contributed by atoms with E-state index in [4.69, 9.17) is 4.74 Å². The van der Waals surface area contributed by atoms with Crippen LogP contribution >= 0.6 is 0 Å². The molecule has 1 aliphatic rings. The van der Waals surface area contributed by atoms with E-state index in [0.29, 0.717) is 23.6 Å². The molecule has 3 aromatic carbocycles. The fraction of sp³-hybridized carbons (Fsp3) is 0.154. The highest BCUT2D eigenvalue weighted by atomic mass is 19.1. The van der Waals surface area contributed by atoms with Crippen molar-refractivity contribution in [2.45, 2.75) is 19.9 Å². The van der Waals surface area contributed by atoms with Crippen molar-refractivity contribution in [1.82, 2.24) is 0 Å². The predicted octanol–water partition coefficient (Wildman–Crippen LogP) is 5.16. The Balaban J connectivity index is 1.92. The topological polar surface area (TPSA) is 66.8 Å². The van der Waals surface area contributed by atoms with E-state index < -0.39 is 23.5 Å². The zero-order valence-corrected chi connectivity index (χ0v) is 17.7. The monoisotopic (exact) mass is 431 g/mol. The summed E-state index contributed by atoms with van der Waals surface area (Å²) in [6.45, 7) is 4.20. The maximum absolute atomic E-state index is 14.9. The lowest BCUT2D eigenvalue weighted by molar-refractivity contribution is -0.132. The molecular formula is C26H22FNO4. The normalized spacial score (nSPS) is 17.6. The number of carbonyl (C=O) groups is 2. The van der Waals surface area contributed by atoms with Crippen LogP contribution in [0.5, 0.6) is 5.75 Å². The number of Topliss-reactive ketones (excluding diaryl/α,β-unsaturated/α-hetero) is 1. The molecule has 32 heavy (non-hydrogen) atoms. The Morgan fingerprint density at radius 3 is 2.41 bits per heavy atom. The van der Waals surface area contributed by atoms with Crippen LogP contribution in [0.3, 0.4) is 0 Å². The number of amides is 1. The van der Waals surface area contributed by atoms with Crippen LogP contribution < -0.4 is 9.64 Å². The minimum Gasteiger partial charge on any atom is -0.507 e. The number of hydrogen-bond donors (Lipinski definition) is 1. The van der Waals surface area contributed by atoms with Gasteiger partial charge in [-0.2, -0.15) is 0 Å². The van der Waals surface area contributed by atoms with Crippen molar-refractivity contribution in [2.24, 2.45) is 0 Å². The molecule has 0 radical (unpaired) electrons. The largest absolute Gasteiger partial charge is 0.507 e. The van der Waals surface area contributed by atoms with Gasteiger partial charge in [0.25, 0.3) is 11.7 Å². The van der Waals surface area contributed by atoms with E-state index >= 15 is 0 Å². The Bertz CT molecular complexity index is 1220. The summed E-state index contributed by atoms with van der Waals surface area (Å²) in [7, 11) is 0. The second-order valence-electron chi connectivity index (χ2n) is 7.49. The Labute approximate surface area is 185 Å². The van der Waals surface area contributed by atoms with Crippen molar-refractivity contribution < 1.29 is 23.8 Å². The number of anilines is 1. The third kappa shape index (κ3) is 3.75. The molecule has 0 aromatic heterocycles. The quantitative estimate of drug-likeness (QED) is 0.344. The number of ketones is 1. The molecule has 0 aliphatic carbocycles. The van der Waals surface area contributed by atoms with Gasteiger partial charge in [0.05, 0.1) is 18.2 Å². The number of aliphatic hydroxyl groups is 1. The summed E-state index contributed by atoms with van der Waals surface area (Å²) < 4.78 is 20.3. The van der Waals surface area contributed by atoms with Crippen molar-refractivity contribution in [1.29, 1.82) is 0 Å². The summed E-state index contributed by atoms with van der Waals surface area (Å²) in [6, 6.07) is 18.4. The molecule has 6 heteroatoms. The fourth-order valence-electron chi connectivity index (χ4n) is 3.90. The molecule has 1 heterocycles. The average molecular weight is 431 g/mol. The summed E-state index contributed by atoms with van der Waals surface area (Å²) in [6.07, 6.45) is 0. The number of nitrogens with zero attached hydrogens (tertiary/aromatic N) is 1. The molecule has 4 rings (SSSR count). The highest BCUT2D eigenvalue weighted by molar-refractivity contribution is 6.51. The molecule has 1 fully saturated rings. The van der Waals surface area contributed by atoms with E-state index in [-0.39, 0.29) is 16.9 Å². The van der Waals surface area contributed by atoms with Gasteiger partial charge in [-0.1, -0.05) is 30.3 Å². The minimum absolute atomic E-state index is 0.126. The number of aryl methyl sites for hydroxylation is 1. The Hall–Kier alpha value is -3.93. The first-order valence-corrected chi connectivity index (χ1v) is 10.3. The lowest BCUT2D eigenvalue weighted by atomic mass is 9.94. The number of benzene rings is 3. The molecule has 1 saturated heterocycles. The SMILES string of the molecule is CCOc1ccc(/C(O)=C2\C(=O)C(=O)N(c3cccc(C)c3)C2c2ccccc2F)cc1. The van der Waals surface area contributed by atoms with Gasteiger partial charge in [0.15, 0.2) is 0 Å². The van der Waals surface area contributed by atoms with E-state index in [0.717, 1.165) is 5.56 Å². The van der Waals surface area contributed by atoms with Gasteiger partial charge in [0, 0.05) is 16.8 Å². The number of carbonyl (C=O) groups excluding carboxylic acids is 2. The number of ether oxygens (including phenoxy) is 1. The summed E-state index contributed by atoms with van der Waals surface area (Å²) in [5, 5.41) is 11.1. The van der Waals surface area contributed by atoms with Crippen molar-refractivity contribution in [3.8, 4) is 5.75 Å². The van der Waals surface area contributed by atoms with E-state index in [1.165, 1.54) is 23.1 Å². The minimum atomic E-state index is -1.11. The lowest BCUT2D eigenvalue weighted by Crippen LogP contribution is -2.29. The summed E-state index contributed by atoms with van der Waals surface area (Å²) in [4.78, 5) is 27.4. The Morgan fingerprint density at radius 1 is 1.03 bits per heavy atom. The van der Waals surface area contributed by atoms with Crippen molar-refractivity contribution in [2.75, 3.05) is 11.5 Å². The number of rotatable bonds is 5. The smallest absolute Gasteiger partial charge is 0.300 e. The molecular weight excluding hydrogens is 409 g/mol. The number of halogens is 1. The van der Waals surface area contributed by atoms with Crippen LogP contribution in [0.25, 0.3) is 5.76 Å². The number of hydrogen-bond acceptors (Lipinski definition) is 4. The second kappa shape index (κ2) is 8.67. The summed E-state index contributed by atoms with van der Waals surface area (Å²) in [5.41, 5.74) is 1.62. The third-order valence-corrected chi connectivity index (χ3v) is 5.36. The van der Waals surface area contributed by atoms with Crippen LogP contribution in [0.1, 0.15) is 29.7 Å². The van der Waals surface area contributed by atoms with Crippen LogP contribution in [0.4, 0.5) is 10.1 Å². The molecule has 1 amide bonds. The molecule has 0 spiro atoms. The van der Waals surface area contributed by atoms with Crippen LogP contribution in [-0.4, -0.2) is 23.4 Å². The molecule has 0 saturated carbocycles. The van der Waals surface area contributed by atoms with Gasteiger partial charge >= 0.3 is 0 Å². The Morgan fingerprint density at radius 2 is 1.75 bits per heavy atom. The van der Waals surface area contributed by atoms with Crippen LogP contribution in [0, 0.1) is 12.7 Å². The molecule has 3 aromatic rings. The van der Waals surface area contributed by atoms with E-state index in [9.17, 15) is 19.1 Å². The molecule has 162 valence electrons. The van der Waals surface area contributed by atoms with Gasteiger partial charge in [-0.3, -0.25) is 14.5 Å². The molecule has 1 aliphatic heterocycles. The highest BCUT2D eigenvalue weighted by Gasteiger charge is 2.47. The average Bonchev–Trinajstić information content (AvgIpc) is 3.05. The summed E-state index contributed by atoms with van der Waals surface area (Å²) in [5.74, 6) is -2.03. The molecule has 1 N–H and O–H groups in total. The molecule has 1 unspecified atom stereocenters.